The van der Waals surface area contributed by atoms with Crippen LogP contribution in [-0.4, -0.2) is 25.2 Å². The second-order valence-corrected chi connectivity index (χ2v) is 10.8. The van der Waals surface area contributed by atoms with Gasteiger partial charge in [0, 0.05) is 0 Å². The first-order valence-electron chi connectivity index (χ1n) is 16.0. The summed E-state index contributed by atoms with van der Waals surface area (Å²) in [6, 6.07) is 19.8. The number of rotatable bonds is 20. The van der Waals surface area contributed by atoms with Crippen molar-refractivity contribution in [3.05, 3.63) is 83.4 Å². The molecule has 0 aromatic heterocycles. The molecule has 0 saturated carbocycles. The Morgan fingerprint density at radius 1 is 0.568 bits per heavy atom. The van der Waals surface area contributed by atoms with E-state index in [0.29, 0.717) is 35.8 Å². The number of hydrogen-bond acceptors (Lipinski definition) is 7. The van der Waals surface area contributed by atoms with Gasteiger partial charge in [0.15, 0.2) is 0 Å². The first-order valence-corrected chi connectivity index (χ1v) is 16.0. The summed E-state index contributed by atoms with van der Waals surface area (Å²) in [7, 11) is 0. The standard InChI is InChI=1S/C37H45NO6/c1-3-5-7-8-9-10-11-12-13-14-26-42-35-27-30(15-16-31(35)28-38)37(40)44-33-19-17-29(18-20-33)36(39)43-34-23-21-32(22-24-34)41-25-6-4-2/h15-24,27H,3-14,25-26H2,1-2H3. The lowest BCUT2D eigenvalue weighted by molar-refractivity contribution is 0.0730. The van der Waals surface area contributed by atoms with Crippen LogP contribution < -0.4 is 18.9 Å². The predicted octanol–water partition coefficient (Wildman–Crippen LogP) is 9.48. The lowest BCUT2D eigenvalue weighted by atomic mass is 10.1. The fourth-order valence-electron chi connectivity index (χ4n) is 4.56. The second kappa shape index (κ2) is 19.8. The number of benzene rings is 3. The topological polar surface area (TPSA) is 94.8 Å². The fraction of sp³-hybridized carbons (Fsp3) is 0.432. The van der Waals surface area contributed by atoms with Crippen molar-refractivity contribution in [2.24, 2.45) is 0 Å². The van der Waals surface area contributed by atoms with Gasteiger partial charge in [0.1, 0.15) is 29.1 Å². The van der Waals surface area contributed by atoms with Gasteiger partial charge >= 0.3 is 11.9 Å². The first-order chi connectivity index (χ1) is 21.5. The van der Waals surface area contributed by atoms with E-state index in [0.717, 1.165) is 31.4 Å². The number of esters is 2. The summed E-state index contributed by atoms with van der Waals surface area (Å²) >= 11 is 0. The highest BCUT2D eigenvalue weighted by atomic mass is 16.5. The van der Waals surface area contributed by atoms with Crippen molar-refractivity contribution >= 4 is 11.9 Å². The Bertz CT molecular complexity index is 1330. The fourth-order valence-corrected chi connectivity index (χ4v) is 4.56. The minimum atomic E-state index is -0.588. The highest BCUT2D eigenvalue weighted by molar-refractivity contribution is 5.93. The summed E-state index contributed by atoms with van der Waals surface area (Å²) < 4.78 is 22.5. The average molecular weight is 600 g/mol. The maximum atomic E-state index is 12.8. The maximum absolute atomic E-state index is 12.8. The Labute approximate surface area is 262 Å². The molecule has 0 radical (unpaired) electrons. The molecule has 0 heterocycles. The van der Waals surface area contributed by atoms with E-state index < -0.39 is 11.9 Å². The first kappa shape index (κ1) is 34.2. The Balaban J connectivity index is 1.44. The molecule has 7 nitrogen and oxygen atoms in total. The molecule has 0 aliphatic heterocycles. The zero-order valence-corrected chi connectivity index (χ0v) is 26.1. The second-order valence-electron chi connectivity index (χ2n) is 10.8. The van der Waals surface area contributed by atoms with Crippen LogP contribution in [0, 0.1) is 11.3 Å². The molecular weight excluding hydrogens is 554 g/mol. The lowest BCUT2D eigenvalue weighted by Gasteiger charge is -2.10. The lowest BCUT2D eigenvalue weighted by Crippen LogP contribution is -2.11. The van der Waals surface area contributed by atoms with E-state index in [1.165, 1.54) is 75.6 Å². The third kappa shape index (κ3) is 12.1. The molecule has 0 atom stereocenters. The summed E-state index contributed by atoms with van der Waals surface area (Å²) in [6.45, 7) is 5.46. The van der Waals surface area contributed by atoms with Gasteiger partial charge in [0.05, 0.1) is 29.9 Å². The van der Waals surface area contributed by atoms with Gasteiger partial charge in [-0.3, -0.25) is 0 Å². The van der Waals surface area contributed by atoms with Crippen LogP contribution in [0.3, 0.4) is 0 Å². The highest BCUT2D eigenvalue weighted by Crippen LogP contribution is 2.23. The molecule has 0 fully saturated rings. The molecule has 3 rings (SSSR count). The predicted molar refractivity (Wildman–Crippen MR) is 172 cm³/mol. The number of ether oxygens (including phenoxy) is 4. The zero-order valence-electron chi connectivity index (χ0n) is 26.1. The SMILES string of the molecule is CCCCCCCCCCCCOc1cc(C(=O)Oc2ccc(C(=O)Oc3ccc(OCCCC)cc3)cc2)ccc1C#N. The molecular formula is C37H45NO6. The molecule has 0 unspecified atom stereocenters. The normalized spacial score (nSPS) is 10.6. The van der Waals surface area contributed by atoms with Crippen LogP contribution in [0.25, 0.3) is 0 Å². The van der Waals surface area contributed by atoms with Crippen molar-refractivity contribution < 1.29 is 28.5 Å². The van der Waals surface area contributed by atoms with Crippen molar-refractivity contribution in [1.82, 2.24) is 0 Å². The Hall–Kier alpha value is -4.31. The Kier molecular flexibility index (Phi) is 15.4. The van der Waals surface area contributed by atoms with Crippen LogP contribution in [0.5, 0.6) is 23.0 Å². The van der Waals surface area contributed by atoms with Crippen LogP contribution in [0.4, 0.5) is 0 Å². The molecule has 0 bridgehead atoms. The van der Waals surface area contributed by atoms with Crippen molar-refractivity contribution in [3.63, 3.8) is 0 Å². The van der Waals surface area contributed by atoms with Crippen LogP contribution >= 0.6 is 0 Å². The Morgan fingerprint density at radius 2 is 1.05 bits per heavy atom. The van der Waals surface area contributed by atoms with E-state index in [4.69, 9.17) is 18.9 Å². The molecule has 3 aromatic carbocycles. The van der Waals surface area contributed by atoms with Gasteiger partial charge in [-0.15, -0.1) is 0 Å². The molecule has 3 aromatic rings. The van der Waals surface area contributed by atoms with E-state index in [1.807, 2.05) is 0 Å². The van der Waals surface area contributed by atoms with Crippen molar-refractivity contribution in [1.29, 1.82) is 5.26 Å². The third-order valence-corrected chi connectivity index (χ3v) is 7.19. The largest absolute Gasteiger partial charge is 0.494 e. The minimum absolute atomic E-state index is 0.271. The smallest absolute Gasteiger partial charge is 0.343 e. The van der Waals surface area contributed by atoms with Gasteiger partial charge in [-0.05, 0) is 79.6 Å². The van der Waals surface area contributed by atoms with Gasteiger partial charge in [-0.2, -0.15) is 5.26 Å². The van der Waals surface area contributed by atoms with Gasteiger partial charge in [0.25, 0.3) is 0 Å². The summed E-state index contributed by atoms with van der Waals surface area (Å²) in [5, 5.41) is 9.49. The third-order valence-electron chi connectivity index (χ3n) is 7.19. The summed E-state index contributed by atoms with van der Waals surface area (Å²) in [5.41, 5.74) is 0.955. The van der Waals surface area contributed by atoms with E-state index in [-0.39, 0.29) is 11.3 Å². The molecule has 0 amide bonds. The minimum Gasteiger partial charge on any atom is -0.494 e. The number of nitriles is 1. The average Bonchev–Trinajstić information content (AvgIpc) is 3.04. The summed E-state index contributed by atoms with van der Waals surface area (Å²) in [6.07, 6.45) is 14.3. The zero-order chi connectivity index (χ0) is 31.4. The molecule has 0 aliphatic carbocycles. The van der Waals surface area contributed by atoms with E-state index >= 15 is 0 Å². The number of carbonyl (C=O) groups is 2. The number of hydrogen-bond donors (Lipinski definition) is 0. The number of carbonyl (C=O) groups excluding carboxylic acids is 2. The van der Waals surface area contributed by atoms with Gasteiger partial charge in [-0.1, -0.05) is 78.1 Å². The van der Waals surface area contributed by atoms with E-state index in [9.17, 15) is 14.9 Å². The molecule has 44 heavy (non-hydrogen) atoms. The molecule has 0 saturated heterocycles. The van der Waals surface area contributed by atoms with Gasteiger partial charge < -0.3 is 18.9 Å². The monoisotopic (exact) mass is 599 g/mol. The Morgan fingerprint density at radius 3 is 1.64 bits per heavy atom. The maximum Gasteiger partial charge on any atom is 0.343 e. The van der Waals surface area contributed by atoms with E-state index in [2.05, 4.69) is 19.9 Å². The molecule has 7 heteroatoms. The quantitative estimate of drug-likeness (QED) is 0.0725. The molecule has 0 spiro atoms. The van der Waals surface area contributed by atoms with Gasteiger partial charge in [0.2, 0.25) is 0 Å². The summed E-state index contributed by atoms with van der Waals surface area (Å²) in [5.74, 6) is 0.655. The van der Waals surface area contributed by atoms with Crippen molar-refractivity contribution in [2.45, 2.75) is 90.9 Å². The number of nitrogens with zero attached hydrogens (tertiary/aromatic N) is 1. The molecule has 234 valence electrons. The highest BCUT2D eigenvalue weighted by Gasteiger charge is 2.15. The van der Waals surface area contributed by atoms with Crippen LogP contribution in [0.15, 0.2) is 66.7 Å². The van der Waals surface area contributed by atoms with Crippen molar-refractivity contribution in [2.75, 3.05) is 13.2 Å². The molecule has 0 aliphatic rings. The van der Waals surface area contributed by atoms with Crippen LogP contribution in [0.1, 0.15) is 117 Å². The van der Waals surface area contributed by atoms with Gasteiger partial charge in [-0.25, -0.2) is 9.59 Å². The number of unbranched alkanes of at least 4 members (excludes halogenated alkanes) is 10. The molecule has 0 N–H and O–H groups in total. The van der Waals surface area contributed by atoms with E-state index in [1.54, 1.807) is 42.5 Å². The summed E-state index contributed by atoms with van der Waals surface area (Å²) in [4.78, 5) is 25.4. The van der Waals surface area contributed by atoms with Crippen LogP contribution in [0.2, 0.25) is 0 Å². The van der Waals surface area contributed by atoms with Crippen LogP contribution in [-0.2, 0) is 0 Å². The van der Waals surface area contributed by atoms with Crippen molar-refractivity contribution in [3.8, 4) is 29.1 Å².